The quantitative estimate of drug-likeness (QED) is 0.122. The highest BCUT2D eigenvalue weighted by molar-refractivity contribution is 6.07. The molecule has 1 aliphatic heterocycles. The van der Waals surface area contributed by atoms with Crippen LogP contribution in [-0.2, 0) is 36.9 Å². The number of hydrogen-bond acceptors (Lipinski definition) is 7. The van der Waals surface area contributed by atoms with Gasteiger partial charge in [0.05, 0.1) is 18.8 Å². The van der Waals surface area contributed by atoms with Gasteiger partial charge in [0, 0.05) is 17.3 Å². The number of nitrogens with one attached hydrogen (secondary N) is 3. The number of carbonyl (C=O) groups excluding carboxylic acids is 4. The third-order valence-electron chi connectivity index (χ3n) is 6.40. The molecule has 1 heterocycles. The number of rotatable bonds is 11. The third-order valence-corrected chi connectivity index (χ3v) is 6.40. The maximum Gasteiger partial charge on any atom is 0.325 e. The van der Waals surface area contributed by atoms with Crippen LogP contribution in [0.3, 0.4) is 0 Å². The molecule has 3 aromatic rings. The van der Waals surface area contributed by atoms with E-state index in [1.54, 1.807) is 54.3 Å². The standard InChI is InChI=1S/C30H31N5O6/c1-2-40-27(37)16-33-29(38)23(14-19-6-4-3-5-7-19)30(39)34-22-12-13-24-25(15-22)41-18-26(36)35(24)17-20-8-10-21(11-9-20)28(31)32/h3-13,15,23H,2,14,16-18H2,1H3,(H3,31,32)(H,33,38)(H,34,39). The number of amidine groups is 1. The van der Waals surface area contributed by atoms with Crippen LogP contribution in [0, 0.1) is 11.3 Å². The van der Waals surface area contributed by atoms with Crippen LogP contribution in [0.1, 0.15) is 23.6 Å². The van der Waals surface area contributed by atoms with Crippen LogP contribution >= 0.6 is 0 Å². The predicted octanol–water partition coefficient (Wildman–Crippen LogP) is 2.37. The SMILES string of the molecule is CCOC(=O)CNC(=O)C(Cc1ccccc1)C(=O)Nc1ccc2c(c1)OCC(=O)N2Cc1ccc(C(=N)N)cc1. The van der Waals surface area contributed by atoms with Crippen molar-refractivity contribution in [2.45, 2.75) is 19.9 Å². The average Bonchev–Trinajstić information content (AvgIpc) is 2.97. The van der Waals surface area contributed by atoms with Crippen LogP contribution in [0.4, 0.5) is 11.4 Å². The molecule has 11 nitrogen and oxygen atoms in total. The van der Waals surface area contributed by atoms with Crippen molar-refractivity contribution in [3.63, 3.8) is 0 Å². The summed E-state index contributed by atoms with van der Waals surface area (Å²) in [5.41, 5.74) is 8.64. The van der Waals surface area contributed by atoms with Gasteiger partial charge in [-0.1, -0.05) is 54.6 Å². The van der Waals surface area contributed by atoms with Gasteiger partial charge in [-0.15, -0.1) is 0 Å². The second kappa shape index (κ2) is 13.2. The Labute approximate surface area is 237 Å². The van der Waals surface area contributed by atoms with Crippen LogP contribution in [-0.4, -0.2) is 49.3 Å². The molecule has 0 radical (unpaired) electrons. The van der Waals surface area contributed by atoms with Crippen molar-refractivity contribution in [2.24, 2.45) is 11.7 Å². The van der Waals surface area contributed by atoms with Crippen LogP contribution in [0.15, 0.2) is 72.8 Å². The van der Waals surface area contributed by atoms with E-state index in [1.807, 2.05) is 30.3 Å². The summed E-state index contributed by atoms with van der Waals surface area (Å²) >= 11 is 0. The minimum absolute atomic E-state index is 0.0404. The van der Waals surface area contributed by atoms with Gasteiger partial charge in [0.2, 0.25) is 11.8 Å². The number of nitrogens with two attached hydrogens (primary N) is 1. The van der Waals surface area contributed by atoms with Gasteiger partial charge in [0.15, 0.2) is 6.61 Å². The Kier molecular flexibility index (Phi) is 9.31. The van der Waals surface area contributed by atoms with Gasteiger partial charge in [-0.2, -0.15) is 0 Å². The lowest BCUT2D eigenvalue weighted by Gasteiger charge is -2.30. The molecule has 3 amide bonds. The zero-order valence-corrected chi connectivity index (χ0v) is 22.5. The van der Waals surface area contributed by atoms with Crippen LogP contribution in [0.25, 0.3) is 0 Å². The summed E-state index contributed by atoms with van der Waals surface area (Å²) in [6, 6.07) is 21.0. The fraction of sp³-hybridized carbons (Fsp3) is 0.233. The molecule has 4 rings (SSSR count). The summed E-state index contributed by atoms with van der Waals surface area (Å²) in [5.74, 6) is -2.77. The Morgan fingerprint density at radius 2 is 1.76 bits per heavy atom. The normalized spacial score (nSPS) is 12.9. The van der Waals surface area contributed by atoms with E-state index >= 15 is 0 Å². The lowest BCUT2D eigenvalue weighted by molar-refractivity contribution is -0.144. The number of fused-ring (bicyclic) bond motifs is 1. The molecule has 0 saturated carbocycles. The molecule has 0 aromatic heterocycles. The highest BCUT2D eigenvalue weighted by Gasteiger charge is 2.29. The number of ether oxygens (including phenoxy) is 2. The molecule has 1 unspecified atom stereocenters. The topological polar surface area (TPSA) is 164 Å². The van der Waals surface area contributed by atoms with E-state index in [4.69, 9.17) is 20.6 Å². The van der Waals surface area contributed by atoms with E-state index in [9.17, 15) is 19.2 Å². The Morgan fingerprint density at radius 3 is 2.44 bits per heavy atom. The van der Waals surface area contributed by atoms with Crippen LogP contribution < -0.4 is 26.0 Å². The van der Waals surface area contributed by atoms with Gasteiger partial charge in [0.1, 0.15) is 24.0 Å². The molecule has 41 heavy (non-hydrogen) atoms. The molecular weight excluding hydrogens is 526 g/mol. The summed E-state index contributed by atoms with van der Waals surface area (Å²) < 4.78 is 10.5. The van der Waals surface area contributed by atoms with Gasteiger partial charge >= 0.3 is 5.97 Å². The van der Waals surface area contributed by atoms with Crippen molar-refractivity contribution >= 4 is 40.9 Å². The molecule has 212 valence electrons. The van der Waals surface area contributed by atoms with Crippen molar-refractivity contribution in [1.29, 1.82) is 5.41 Å². The second-order valence-corrected chi connectivity index (χ2v) is 9.32. The number of esters is 1. The smallest absolute Gasteiger partial charge is 0.325 e. The van der Waals surface area contributed by atoms with Crippen LogP contribution in [0.2, 0.25) is 0 Å². The number of hydrogen-bond donors (Lipinski definition) is 4. The second-order valence-electron chi connectivity index (χ2n) is 9.32. The van der Waals surface area contributed by atoms with E-state index in [2.05, 4.69) is 10.6 Å². The van der Waals surface area contributed by atoms with Gasteiger partial charge < -0.3 is 30.7 Å². The zero-order valence-electron chi connectivity index (χ0n) is 22.5. The van der Waals surface area contributed by atoms with Crippen LogP contribution in [0.5, 0.6) is 5.75 Å². The molecule has 1 atom stereocenters. The Balaban J connectivity index is 1.50. The molecule has 11 heteroatoms. The number of nitrogens with zero attached hydrogens (tertiary/aromatic N) is 1. The number of anilines is 2. The van der Waals surface area contributed by atoms with E-state index < -0.39 is 23.7 Å². The molecule has 5 N–H and O–H groups in total. The van der Waals surface area contributed by atoms with E-state index in [0.717, 1.165) is 11.1 Å². The minimum Gasteiger partial charge on any atom is -0.481 e. The first-order valence-corrected chi connectivity index (χ1v) is 13.0. The number of amides is 3. The first kappa shape index (κ1) is 28.8. The maximum absolute atomic E-state index is 13.3. The molecule has 0 fully saturated rings. The van der Waals surface area contributed by atoms with Crippen molar-refractivity contribution < 1.29 is 28.7 Å². The molecule has 0 spiro atoms. The van der Waals surface area contributed by atoms with E-state index in [-0.39, 0.29) is 44.5 Å². The molecule has 0 aliphatic carbocycles. The van der Waals surface area contributed by atoms with Gasteiger partial charge in [-0.25, -0.2) is 0 Å². The Morgan fingerprint density at radius 1 is 1.02 bits per heavy atom. The predicted molar refractivity (Wildman–Crippen MR) is 152 cm³/mol. The summed E-state index contributed by atoms with van der Waals surface area (Å²) in [7, 11) is 0. The highest BCUT2D eigenvalue weighted by atomic mass is 16.5. The lowest BCUT2D eigenvalue weighted by Crippen LogP contribution is -2.41. The fourth-order valence-corrected chi connectivity index (χ4v) is 4.31. The van der Waals surface area contributed by atoms with E-state index in [1.165, 1.54) is 0 Å². The number of nitrogen functional groups attached to an aromatic ring is 1. The molecule has 3 aromatic carbocycles. The van der Waals surface area contributed by atoms with Gasteiger partial charge in [0.25, 0.3) is 5.91 Å². The lowest BCUT2D eigenvalue weighted by atomic mass is 9.97. The number of carbonyl (C=O) groups is 4. The zero-order chi connectivity index (χ0) is 29.4. The number of benzene rings is 3. The summed E-state index contributed by atoms with van der Waals surface area (Å²) in [4.78, 5) is 52.3. The Hall–Kier alpha value is -5.19. The molecule has 0 saturated heterocycles. The fourth-order valence-electron chi connectivity index (χ4n) is 4.31. The first-order valence-electron chi connectivity index (χ1n) is 13.0. The minimum atomic E-state index is -1.13. The van der Waals surface area contributed by atoms with Crippen molar-refractivity contribution in [3.05, 3.63) is 89.5 Å². The van der Waals surface area contributed by atoms with Crippen molar-refractivity contribution in [3.8, 4) is 5.75 Å². The van der Waals surface area contributed by atoms with Crippen molar-refractivity contribution in [2.75, 3.05) is 30.0 Å². The summed E-state index contributed by atoms with van der Waals surface area (Å²) in [6.07, 6.45) is 0.119. The monoisotopic (exact) mass is 557 g/mol. The first-order chi connectivity index (χ1) is 19.7. The average molecular weight is 558 g/mol. The maximum atomic E-state index is 13.3. The van der Waals surface area contributed by atoms with Crippen molar-refractivity contribution in [1.82, 2.24) is 5.32 Å². The highest BCUT2D eigenvalue weighted by Crippen LogP contribution is 2.35. The molecular formula is C30H31N5O6. The third kappa shape index (κ3) is 7.47. The molecule has 0 bridgehead atoms. The summed E-state index contributed by atoms with van der Waals surface area (Å²) in [6.45, 7) is 1.59. The van der Waals surface area contributed by atoms with Gasteiger partial charge in [-0.05, 0) is 36.6 Å². The van der Waals surface area contributed by atoms with E-state index in [0.29, 0.717) is 22.7 Å². The molecule has 1 aliphatic rings. The summed E-state index contributed by atoms with van der Waals surface area (Å²) in [5, 5.41) is 12.8. The van der Waals surface area contributed by atoms with Gasteiger partial charge in [-0.3, -0.25) is 24.6 Å². The Bertz CT molecular complexity index is 1440. The largest absolute Gasteiger partial charge is 0.481 e.